The molecule has 0 aromatic heterocycles. The molecule has 23 heavy (non-hydrogen) atoms. The van der Waals surface area contributed by atoms with E-state index >= 15 is 0 Å². The SMILES string of the molecule is CN(C)C(=O)CNC(=O)c1ccc(NC(=O)OC(C)(C)C)cc1. The van der Waals surface area contributed by atoms with Crippen LogP contribution < -0.4 is 10.6 Å². The Morgan fingerprint density at radius 3 is 2.13 bits per heavy atom. The van der Waals surface area contributed by atoms with E-state index in [1.54, 1.807) is 59.1 Å². The van der Waals surface area contributed by atoms with Crippen LogP contribution in [0.1, 0.15) is 31.1 Å². The second-order valence-electron chi connectivity index (χ2n) is 6.18. The number of hydrogen-bond donors (Lipinski definition) is 2. The number of ether oxygens (including phenoxy) is 1. The Morgan fingerprint density at radius 1 is 1.09 bits per heavy atom. The summed E-state index contributed by atoms with van der Waals surface area (Å²) in [5, 5.41) is 5.11. The predicted octanol–water partition coefficient (Wildman–Crippen LogP) is 1.85. The van der Waals surface area contributed by atoms with Gasteiger partial charge in [-0.2, -0.15) is 0 Å². The van der Waals surface area contributed by atoms with Crippen molar-refractivity contribution in [3.8, 4) is 0 Å². The van der Waals surface area contributed by atoms with Crippen LogP contribution in [0.4, 0.5) is 10.5 Å². The highest BCUT2D eigenvalue weighted by Gasteiger charge is 2.16. The average Bonchev–Trinajstić information content (AvgIpc) is 2.42. The molecule has 0 aliphatic carbocycles. The second kappa shape index (κ2) is 7.62. The molecule has 0 aliphatic heterocycles. The topological polar surface area (TPSA) is 87.7 Å². The van der Waals surface area contributed by atoms with E-state index in [-0.39, 0.29) is 18.4 Å². The van der Waals surface area contributed by atoms with Gasteiger partial charge in [-0.1, -0.05) is 0 Å². The quantitative estimate of drug-likeness (QED) is 0.886. The summed E-state index contributed by atoms with van der Waals surface area (Å²) in [5.74, 6) is -0.550. The van der Waals surface area contributed by atoms with Crippen LogP contribution in [0.3, 0.4) is 0 Å². The first-order valence-corrected chi connectivity index (χ1v) is 7.17. The Balaban J connectivity index is 2.57. The summed E-state index contributed by atoms with van der Waals surface area (Å²) in [4.78, 5) is 36.3. The van der Waals surface area contributed by atoms with Gasteiger partial charge in [-0.05, 0) is 45.0 Å². The van der Waals surface area contributed by atoms with Gasteiger partial charge in [-0.15, -0.1) is 0 Å². The highest BCUT2D eigenvalue weighted by atomic mass is 16.6. The van der Waals surface area contributed by atoms with Crippen LogP contribution in [0, 0.1) is 0 Å². The molecule has 1 aromatic carbocycles. The zero-order valence-corrected chi connectivity index (χ0v) is 14.1. The number of hydrogen-bond acceptors (Lipinski definition) is 4. The number of nitrogens with one attached hydrogen (secondary N) is 2. The summed E-state index contributed by atoms with van der Waals surface area (Å²) >= 11 is 0. The lowest BCUT2D eigenvalue weighted by atomic mass is 10.2. The normalized spacial score (nSPS) is 10.7. The largest absolute Gasteiger partial charge is 0.444 e. The van der Waals surface area contributed by atoms with Crippen molar-refractivity contribution in [2.24, 2.45) is 0 Å². The fraction of sp³-hybridized carbons (Fsp3) is 0.438. The number of likely N-dealkylation sites (N-methyl/N-ethyl adjacent to an activating group) is 1. The van der Waals surface area contributed by atoms with Gasteiger partial charge < -0.3 is 15.0 Å². The molecule has 2 N–H and O–H groups in total. The van der Waals surface area contributed by atoms with Gasteiger partial charge in [0.25, 0.3) is 5.91 Å². The fourth-order valence-electron chi connectivity index (χ4n) is 1.54. The summed E-state index contributed by atoms with van der Waals surface area (Å²) < 4.78 is 5.14. The molecule has 0 saturated carbocycles. The summed E-state index contributed by atoms with van der Waals surface area (Å²) in [5.41, 5.74) is 0.328. The van der Waals surface area contributed by atoms with E-state index in [0.29, 0.717) is 11.3 Å². The van der Waals surface area contributed by atoms with Crippen LogP contribution in [0.25, 0.3) is 0 Å². The molecule has 0 fully saturated rings. The first kappa shape index (κ1) is 18.5. The Labute approximate surface area is 136 Å². The molecule has 0 bridgehead atoms. The van der Waals surface area contributed by atoms with E-state index in [1.165, 1.54) is 4.90 Å². The minimum Gasteiger partial charge on any atom is -0.444 e. The van der Waals surface area contributed by atoms with E-state index < -0.39 is 11.7 Å². The monoisotopic (exact) mass is 321 g/mol. The molecule has 0 saturated heterocycles. The molecule has 0 aliphatic rings. The third-order valence-corrected chi connectivity index (χ3v) is 2.69. The second-order valence-corrected chi connectivity index (χ2v) is 6.18. The van der Waals surface area contributed by atoms with E-state index in [2.05, 4.69) is 10.6 Å². The highest BCUT2D eigenvalue weighted by molar-refractivity contribution is 5.97. The van der Waals surface area contributed by atoms with Gasteiger partial charge in [0, 0.05) is 25.3 Å². The lowest BCUT2D eigenvalue weighted by Gasteiger charge is -2.19. The summed E-state index contributed by atoms with van der Waals surface area (Å²) in [7, 11) is 3.23. The van der Waals surface area contributed by atoms with E-state index in [1.807, 2.05) is 0 Å². The molecule has 0 radical (unpaired) electrons. The standard InChI is InChI=1S/C16H23N3O4/c1-16(2,3)23-15(22)18-12-8-6-11(7-9-12)14(21)17-10-13(20)19(4)5/h6-9H,10H2,1-5H3,(H,17,21)(H,18,22). The Bertz CT molecular complexity index is 574. The van der Waals surface area contributed by atoms with E-state index in [4.69, 9.17) is 4.74 Å². The third-order valence-electron chi connectivity index (χ3n) is 2.69. The van der Waals surface area contributed by atoms with Crippen LogP contribution in [0.5, 0.6) is 0 Å². The van der Waals surface area contributed by atoms with Crippen LogP contribution >= 0.6 is 0 Å². The Morgan fingerprint density at radius 2 is 1.65 bits per heavy atom. The van der Waals surface area contributed by atoms with Gasteiger partial charge >= 0.3 is 6.09 Å². The van der Waals surface area contributed by atoms with Gasteiger partial charge in [0.2, 0.25) is 5.91 Å². The van der Waals surface area contributed by atoms with Gasteiger partial charge in [0.15, 0.2) is 0 Å². The van der Waals surface area contributed by atoms with Crippen molar-refractivity contribution in [1.29, 1.82) is 0 Å². The maximum Gasteiger partial charge on any atom is 0.412 e. The van der Waals surface area contributed by atoms with Gasteiger partial charge in [-0.3, -0.25) is 14.9 Å². The molecule has 3 amide bonds. The smallest absolute Gasteiger partial charge is 0.412 e. The highest BCUT2D eigenvalue weighted by Crippen LogP contribution is 2.13. The Kier molecular flexibility index (Phi) is 6.12. The van der Waals surface area contributed by atoms with Crippen molar-refractivity contribution in [1.82, 2.24) is 10.2 Å². The van der Waals surface area contributed by atoms with Crippen LogP contribution in [-0.2, 0) is 9.53 Å². The van der Waals surface area contributed by atoms with Crippen LogP contribution in [0.15, 0.2) is 24.3 Å². The van der Waals surface area contributed by atoms with Crippen molar-refractivity contribution in [2.75, 3.05) is 26.0 Å². The van der Waals surface area contributed by atoms with Crippen molar-refractivity contribution in [3.05, 3.63) is 29.8 Å². The molecule has 1 rings (SSSR count). The molecule has 7 heteroatoms. The van der Waals surface area contributed by atoms with Crippen molar-refractivity contribution in [2.45, 2.75) is 26.4 Å². The molecular formula is C16H23N3O4. The molecule has 126 valence electrons. The van der Waals surface area contributed by atoms with Crippen LogP contribution in [-0.4, -0.2) is 49.0 Å². The maximum atomic E-state index is 11.9. The van der Waals surface area contributed by atoms with Crippen molar-refractivity contribution in [3.63, 3.8) is 0 Å². The van der Waals surface area contributed by atoms with Gasteiger partial charge in [-0.25, -0.2) is 4.79 Å². The summed E-state index contributed by atoms with van der Waals surface area (Å²) in [6.07, 6.45) is -0.564. The fourth-order valence-corrected chi connectivity index (χ4v) is 1.54. The average molecular weight is 321 g/mol. The minimum atomic E-state index is -0.580. The minimum absolute atomic E-state index is 0.0657. The molecule has 7 nitrogen and oxygen atoms in total. The van der Waals surface area contributed by atoms with Gasteiger partial charge in [0.1, 0.15) is 5.60 Å². The zero-order valence-electron chi connectivity index (χ0n) is 14.1. The van der Waals surface area contributed by atoms with Gasteiger partial charge in [0.05, 0.1) is 6.54 Å². The summed E-state index contributed by atoms with van der Waals surface area (Å²) in [6.45, 7) is 5.25. The Hall–Kier alpha value is -2.57. The zero-order chi connectivity index (χ0) is 17.6. The van der Waals surface area contributed by atoms with E-state index in [0.717, 1.165) is 0 Å². The first-order valence-electron chi connectivity index (χ1n) is 7.17. The van der Waals surface area contributed by atoms with Crippen molar-refractivity contribution < 1.29 is 19.1 Å². The number of anilines is 1. The third kappa shape index (κ3) is 6.82. The molecule has 0 heterocycles. The maximum absolute atomic E-state index is 11.9. The molecule has 0 atom stereocenters. The summed E-state index contributed by atoms with van der Waals surface area (Å²) in [6, 6.07) is 6.30. The molecule has 0 spiro atoms. The number of benzene rings is 1. The van der Waals surface area contributed by atoms with E-state index in [9.17, 15) is 14.4 Å². The predicted molar refractivity (Wildman–Crippen MR) is 87.3 cm³/mol. The van der Waals surface area contributed by atoms with Crippen LogP contribution in [0.2, 0.25) is 0 Å². The number of rotatable bonds is 4. The molecular weight excluding hydrogens is 298 g/mol. The first-order chi connectivity index (χ1) is 10.6. The lowest BCUT2D eigenvalue weighted by Crippen LogP contribution is -2.36. The lowest BCUT2D eigenvalue weighted by molar-refractivity contribution is -0.127. The number of nitrogens with zero attached hydrogens (tertiary/aromatic N) is 1. The molecule has 0 unspecified atom stereocenters. The van der Waals surface area contributed by atoms with Crippen molar-refractivity contribution >= 4 is 23.6 Å². The number of amides is 3. The molecule has 1 aromatic rings. The number of carbonyl (C=O) groups is 3. The number of carbonyl (C=O) groups excluding carboxylic acids is 3.